The molecule has 1 aliphatic carbocycles. The van der Waals surface area contributed by atoms with Gasteiger partial charge in [0.25, 0.3) is 0 Å². The first-order chi connectivity index (χ1) is 10.1. The Labute approximate surface area is 124 Å². The number of aliphatic hydroxyl groups excluding tert-OH is 1. The SMILES string of the molecule is CC(CC(=O)N[C@@H]1C=C[C@H](CO)C1)Cc1cccc(F)c1. The van der Waals surface area contributed by atoms with Gasteiger partial charge in [0.05, 0.1) is 0 Å². The van der Waals surface area contributed by atoms with E-state index in [1.54, 1.807) is 6.07 Å². The molecule has 0 heterocycles. The number of carbonyl (C=O) groups excluding carboxylic acids is 1. The van der Waals surface area contributed by atoms with Crippen LogP contribution < -0.4 is 5.32 Å². The average Bonchev–Trinajstić information content (AvgIpc) is 2.85. The molecule has 1 aliphatic rings. The molecule has 3 nitrogen and oxygen atoms in total. The van der Waals surface area contributed by atoms with Gasteiger partial charge in [0.1, 0.15) is 5.82 Å². The Morgan fingerprint density at radius 1 is 1.48 bits per heavy atom. The van der Waals surface area contributed by atoms with Gasteiger partial charge in [-0.25, -0.2) is 4.39 Å². The van der Waals surface area contributed by atoms with E-state index in [-0.39, 0.29) is 36.2 Å². The molecule has 3 atom stereocenters. The molecule has 0 aromatic heterocycles. The maximum absolute atomic E-state index is 13.1. The zero-order chi connectivity index (χ0) is 15.2. The molecule has 2 rings (SSSR count). The van der Waals surface area contributed by atoms with E-state index in [2.05, 4.69) is 5.32 Å². The fourth-order valence-corrected chi connectivity index (χ4v) is 2.74. The third-order valence-corrected chi connectivity index (χ3v) is 3.76. The van der Waals surface area contributed by atoms with E-state index < -0.39 is 0 Å². The number of carbonyl (C=O) groups is 1. The highest BCUT2D eigenvalue weighted by molar-refractivity contribution is 5.76. The summed E-state index contributed by atoms with van der Waals surface area (Å²) in [6.45, 7) is 2.12. The summed E-state index contributed by atoms with van der Waals surface area (Å²) in [5, 5.41) is 12.0. The summed E-state index contributed by atoms with van der Waals surface area (Å²) in [6.07, 6.45) is 5.76. The quantitative estimate of drug-likeness (QED) is 0.791. The molecule has 0 fully saturated rings. The highest BCUT2D eigenvalue weighted by Crippen LogP contribution is 2.18. The Hall–Kier alpha value is -1.68. The number of halogens is 1. The van der Waals surface area contributed by atoms with Crippen molar-refractivity contribution in [1.29, 1.82) is 0 Å². The van der Waals surface area contributed by atoms with Gasteiger partial charge in [-0.2, -0.15) is 0 Å². The van der Waals surface area contributed by atoms with Crippen LogP contribution in [0.4, 0.5) is 4.39 Å². The molecular formula is C17H22FNO2. The second-order valence-corrected chi connectivity index (χ2v) is 5.88. The highest BCUT2D eigenvalue weighted by atomic mass is 19.1. The highest BCUT2D eigenvalue weighted by Gasteiger charge is 2.20. The monoisotopic (exact) mass is 291 g/mol. The summed E-state index contributed by atoms with van der Waals surface area (Å²) < 4.78 is 13.1. The van der Waals surface area contributed by atoms with Crippen LogP contribution in [0.1, 0.15) is 25.3 Å². The van der Waals surface area contributed by atoms with Crippen molar-refractivity contribution in [2.75, 3.05) is 6.61 Å². The molecule has 21 heavy (non-hydrogen) atoms. The van der Waals surface area contributed by atoms with Crippen molar-refractivity contribution >= 4 is 5.91 Å². The van der Waals surface area contributed by atoms with Crippen molar-refractivity contribution < 1.29 is 14.3 Å². The number of amides is 1. The van der Waals surface area contributed by atoms with Gasteiger partial charge in [-0.1, -0.05) is 31.2 Å². The molecular weight excluding hydrogens is 269 g/mol. The molecule has 1 aromatic carbocycles. The lowest BCUT2D eigenvalue weighted by Gasteiger charge is -2.15. The van der Waals surface area contributed by atoms with Gasteiger partial charge < -0.3 is 10.4 Å². The molecule has 0 spiro atoms. The van der Waals surface area contributed by atoms with E-state index in [4.69, 9.17) is 5.11 Å². The van der Waals surface area contributed by atoms with Gasteiger partial charge in [0.2, 0.25) is 5.91 Å². The van der Waals surface area contributed by atoms with Crippen LogP contribution >= 0.6 is 0 Å². The van der Waals surface area contributed by atoms with Crippen LogP contribution in [0.3, 0.4) is 0 Å². The first-order valence-corrected chi connectivity index (χ1v) is 7.40. The van der Waals surface area contributed by atoms with Crippen LogP contribution in [0.2, 0.25) is 0 Å². The molecule has 1 aromatic rings. The van der Waals surface area contributed by atoms with Crippen molar-refractivity contribution in [2.45, 2.75) is 32.2 Å². The molecule has 1 amide bonds. The van der Waals surface area contributed by atoms with E-state index in [0.717, 1.165) is 12.0 Å². The summed E-state index contributed by atoms with van der Waals surface area (Å²) >= 11 is 0. The zero-order valence-electron chi connectivity index (χ0n) is 12.3. The second-order valence-electron chi connectivity index (χ2n) is 5.88. The number of hydrogen-bond donors (Lipinski definition) is 2. The van der Waals surface area contributed by atoms with E-state index in [0.29, 0.717) is 12.8 Å². The molecule has 114 valence electrons. The van der Waals surface area contributed by atoms with Crippen LogP contribution in [-0.2, 0) is 11.2 Å². The van der Waals surface area contributed by atoms with E-state index in [1.165, 1.54) is 12.1 Å². The lowest BCUT2D eigenvalue weighted by Crippen LogP contribution is -2.34. The third-order valence-electron chi connectivity index (χ3n) is 3.76. The van der Waals surface area contributed by atoms with Crippen molar-refractivity contribution in [2.24, 2.45) is 11.8 Å². The largest absolute Gasteiger partial charge is 0.396 e. The molecule has 2 N–H and O–H groups in total. The lowest BCUT2D eigenvalue weighted by molar-refractivity contribution is -0.122. The number of aliphatic hydroxyl groups is 1. The molecule has 4 heteroatoms. The molecule has 0 aliphatic heterocycles. The van der Waals surface area contributed by atoms with Crippen LogP contribution in [0.5, 0.6) is 0 Å². The van der Waals surface area contributed by atoms with Gasteiger partial charge in [0, 0.05) is 25.0 Å². The van der Waals surface area contributed by atoms with Crippen molar-refractivity contribution in [3.63, 3.8) is 0 Å². The standard InChI is InChI=1S/C17H22FNO2/c1-12(7-13-3-2-4-15(18)9-13)8-17(21)19-16-6-5-14(10-16)11-20/h2-6,9,12,14,16,20H,7-8,10-11H2,1H3,(H,19,21)/t12?,14-,16+/m0/s1. The fraction of sp³-hybridized carbons (Fsp3) is 0.471. The Balaban J connectivity index is 1.76. The average molecular weight is 291 g/mol. The molecule has 0 saturated carbocycles. The van der Waals surface area contributed by atoms with Crippen molar-refractivity contribution in [3.05, 3.63) is 47.8 Å². The summed E-state index contributed by atoms with van der Waals surface area (Å²) in [5.41, 5.74) is 0.913. The minimum Gasteiger partial charge on any atom is -0.396 e. The summed E-state index contributed by atoms with van der Waals surface area (Å²) in [5.74, 6) is 0.0771. The number of hydrogen-bond acceptors (Lipinski definition) is 2. The van der Waals surface area contributed by atoms with E-state index in [1.807, 2.05) is 25.1 Å². The normalized spacial score (nSPS) is 22.2. The first kappa shape index (κ1) is 15.7. The number of rotatable bonds is 6. The van der Waals surface area contributed by atoms with Crippen LogP contribution in [0.25, 0.3) is 0 Å². The Morgan fingerprint density at radius 3 is 2.95 bits per heavy atom. The van der Waals surface area contributed by atoms with E-state index in [9.17, 15) is 9.18 Å². The van der Waals surface area contributed by atoms with Gasteiger partial charge in [-0.15, -0.1) is 0 Å². The predicted octanol–water partition coefficient (Wildman–Crippen LogP) is 2.45. The second kappa shape index (κ2) is 7.36. The van der Waals surface area contributed by atoms with Gasteiger partial charge in [-0.05, 0) is 36.5 Å². The minimum atomic E-state index is -0.240. The molecule has 0 bridgehead atoms. The summed E-state index contributed by atoms with van der Waals surface area (Å²) in [6, 6.07) is 6.53. The lowest BCUT2D eigenvalue weighted by atomic mass is 9.97. The zero-order valence-corrected chi connectivity index (χ0v) is 12.3. The summed E-state index contributed by atoms with van der Waals surface area (Å²) in [7, 11) is 0. The number of nitrogens with one attached hydrogen (secondary N) is 1. The predicted molar refractivity (Wildman–Crippen MR) is 80.1 cm³/mol. The smallest absolute Gasteiger partial charge is 0.220 e. The topological polar surface area (TPSA) is 49.3 Å². The van der Waals surface area contributed by atoms with Gasteiger partial charge in [0.15, 0.2) is 0 Å². The fourth-order valence-electron chi connectivity index (χ4n) is 2.74. The van der Waals surface area contributed by atoms with Crippen molar-refractivity contribution in [1.82, 2.24) is 5.32 Å². The molecule has 1 unspecified atom stereocenters. The Morgan fingerprint density at radius 2 is 2.29 bits per heavy atom. The van der Waals surface area contributed by atoms with Gasteiger partial charge in [-0.3, -0.25) is 4.79 Å². The number of benzene rings is 1. The molecule has 0 radical (unpaired) electrons. The van der Waals surface area contributed by atoms with Crippen LogP contribution in [0, 0.1) is 17.7 Å². The third kappa shape index (κ3) is 4.97. The molecule has 0 saturated heterocycles. The van der Waals surface area contributed by atoms with Crippen LogP contribution in [0.15, 0.2) is 36.4 Å². The van der Waals surface area contributed by atoms with Crippen LogP contribution in [-0.4, -0.2) is 23.7 Å². The minimum absolute atomic E-state index is 0.00661. The summed E-state index contributed by atoms with van der Waals surface area (Å²) in [4.78, 5) is 12.0. The van der Waals surface area contributed by atoms with Crippen molar-refractivity contribution in [3.8, 4) is 0 Å². The maximum atomic E-state index is 13.1. The maximum Gasteiger partial charge on any atom is 0.220 e. The Bertz CT molecular complexity index is 515. The Kier molecular flexibility index (Phi) is 5.51. The van der Waals surface area contributed by atoms with E-state index >= 15 is 0 Å². The van der Waals surface area contributed by atoms with Gasteiger partial charge >= 0.3 is 0 Å². The first-order valence-electron chi connectivity index (χ1n) is 7.40.